The molecule has 0 radical (unpaired) electrons. The van der Waals surface area contributed by atoms with E-state index >= 15 is 0 Å². The normalized spacial score (nSPS) is 26.1. The minimum atomic E-state index is -0.256. The summed E-state index contributed by atoms with van der Waals surface area (Å²) < 4.78 is 5.61. The molecule has 1 saturated carbocycles. The Kier molecular flexibility index (Phi) is 2.98. The molecule has 1 fully saturated rings. The number of para-hydroxylation sites is 1. The zero-order valence-corrected chi connectivity index (χ0v) is 12.8. The van der Waals surface area contributed by atoms with Crippen LogP contribution in [0.5, 0.6) is 0 Å². The van der Waals surface area contributed by atoms with Crippen molar-refractivity contribution in [2.45, 2.75) is 30.6 Å². The van der Waals surface area contributed by atoms with E-state index in [1.54, 1.807) is 0 Å². The maximum absolute atomic E-state index is 8.97. The Labute approximate surface area is 134 Å². The van der Waals surface area contributed by atoms with Crippen LogP contribution in [-0.4, -0.2) is 11.1 Å². The second-order valence-electron chi connectivity index (χ2n) is 5.96. The lowest BCUT2D eigenvalue weighted by atomic mass is 9.66. The van der Waals surface area contributed by atoms with Gasteiger partial charge in [0.25, 0.3) is 0 Å². The molecule has 108 valence electrons. The number of aliphatic imine (C=N–C) groups is 1. The third-order valence-corrected chi connectivity index (χ3v) is 5.31. The molecule has 0 bridgehead atoms. The molecule has 2 unspecified atom stereocenters. The average molecular weight is 306 g/mol. The first-order chi connectivity index (χ1) is 10.7. The van der Waals surface area contributed by atoms with E-state index in [4.69, 9.17) is 21.9 Å². The molecule has 1 aliphatic carbocycles. The van der Waals surface area contributed by atoms with Gasteiger partial charge in [0, 0.05) is 17.0 Å². The third kappa shape index (κ3) is 1.86. The van der Waals surface area contributed by atoms with E-state index in [0.717, 1.165) is 35.6 Å². The van der Waals surface area contributed by atoms with Crippen LogP contribution < -0.4 is 0 Å². The van der Waals surface area contributed by atoms with E-state index < -0.39 is 0 Å². The molecule has 1 aliphatic heterocycles. The summed E-state index contributed by atoms with van der Waals surface area (Å²) in [6, 6.07) is 12.2. The van der Waals surface area contributed by atoms with Crippen LogP contribution in [0.4, 0.5) is 5.69 Å². The number of thiocarbonyl (C=S) groups is 1. The number of rotatable bonds is 1. The van der Waals surface area contributed by atoms with Crippen molar-refractivity contribution in [3.8, 4) is 6.07 Å². The van der Waals surface area contributed by atoms with Gasteiger partial charge in [-0.15, -0.1) is 0 Å². The highest BCUT2D eigenvalue weighted by Gasteiger charge is 2.45. The fourth-order valence-electron chi connectivity index (χ4n) is 3.60. The van der Waals surface area contributed by atoms with Crippen molar-refractivity contribution in [1.82, 2.24) is 0 Å². The second-order valence-corrected chi connectivity index (χ2v) is 6.45. The minimum Gasteiger partial charge on any atom is -0.468 e. The topological polar surface area (TPSA) is 49.3 Å². The predicted molar refractivity (Wildman–Crippen MR) is 88.9 cm³/mol. The van der Waals surface area contributed by atoms with E-state index in [9.17, 15) is 0 Å². The third-order valence-electron chi connectivity index (χ3n) is 4.75. The first kappa shape index (κ1) is 13.4. The van der Waals surface area contributed by atoms with Gasteiger partial charge in [0.2, 0.25) is 0 Å². The van der Waals surface area contributed by atoms with Crippen LogP contribution >= 0.6 is 12.2 Å². The van der Waals surface area contributed by atoms with Gasteiger partial charge in [-0.2, -0.15) is 5.26 Å². The summed E-state index contributed by atoms with van der Waals surface area (Å²) in [6.45, 7) is 0. The van der Waals surface area contributed by atoms with E-state index in [1.165, 1.54) is 11.8 Å². The van der Waals surface area contributed by atoms with Crippen molar-refractivity contribution in [3.05, 3.63) is 53.5 Å². The van der Waals surface area contributed by atoms with E-state index in [-0.39, 0.29) is 11.3 Å². The van der Waals surface area contributed by atoms with Crippen LogP contribution in [0.15, 0.2) is 46.0 Å². The number of nitriles is 1. The highest BCUT2D eigenvalue weighted by molar-refractivity contribution is 7.80. The van der Waals surface area contributed by atoms with Crippen LogP contribution in [0, 0.1) is 11.3 Å². The van der Waals surface area contributed by atoms with Gasteiger partial charge >= 0.3 is 0 Å². The maximum atomic E-state index is 8.97. The lowest BCUT2D eigenvalue weighted by molar-refractivity contribution is 0.401. The van der Waals surface area contributed by atoms with E-state index in [1.807, 2.05) is 30.5 Å². The number of hydrogen-bond donors (Lipinski definition) is 0. The lowest BCUT2D eigenvalue weighted by Gasteiger charge is -2.37. The van der Waals surface area contributed by atoms with Crippen molar-refractivity contribution in [2.75, 3.05) is 0 Å². The van der Waals surface area contributed by atoms with Gasteiger partial charge in [-0.3, -0.25) is 4.99 Å². The second kappa shape index (κ2) is 4.89. The van der Waals surface area contributed by atoms with Gasteiger partial charge < -0.3 is 4.42 Å². The first-order valence-electron chi connectivity index (χ1n) is 7.39. The molecule has 4 rings (SSSR count). The Morgan fingerprint density at radius 1 is 1.36 bits per heavy atom. The van der Waals surface area contributed by atoms with Gasteiger partial charge in [-0.25, -0.2) is 0 Å². The first-order valence-corrected chi connectivity index (χ1v) is 7.80. The minimum absolute atomic E-state index is 0.256. The van der Waals surface area contributed by atoms with Crippen LogP contribution in [0.1, 0.15) is 42.1 Å². The van der Waals surface area contributed by atoms with Crippen LogP contribution in [-0.2, 0) is 5.41 Å². The molecule has 0 amide bonds. The molecule has 0 N–H and O–H groups in total. The molecule has 1 aromatic carbocycles. The average Bonchev–Trinajstić information content (AvgIpc) is 3.17. The predicted octanol–water partition coefficient (Wildman–Crippen LogP) is 4.44. The molecule has 2 atom stereocenters. The van der Waals surface area contributed by atoms with Crippen molar-refractivity contribution in [2.24, 2.45) is 4.99 Å². The monoisotopic (exact) mass is 306 g/mol. The van der Waals surface area contributed by atoms with Crippen molar-refractivity contribution in [3.63, 3.8) is 0 Å². The van der Waals surface area contributed by atoms with Gasteiger partial charge in [0.15, 0.2) is 0 Å². The zero-order valence-electron chi connectivity index (χ0n) is 12.0. The molecule has 2 aliphatic rings. The molecule has 1 aromatic heterocycles. The number of nitrogens with zero attached hydrogens (tertiary/aromatic N) is 2. The van der Waals surface area contributed by atoms with Crippen molar-refractivity contribution in [1.29, 1.82) is 5.26 Å². The van der Waals surface area contributed by atoms with Gasteiger partial charge in [0.1, 0.15) is 18.1 Å². The van der Waals surface area contributed by atoms with Gasteiger partial charge in [-0.1, -0.05) is 30.4 Å². The molecule has 2 aromatic rings. The van der Waals surface area contributed by atoms with Gasteiger partial charge in [-0.05, 0) is 37.0 Å². The zero-order chi connectivity index (χ0) is 15.2. The molecular weight excluding hydrogens is 292 g/mol. The molecular formula is C18H14N2OS. The Morgan fingerprint density at radius 2 is 2.23 bits per heavy atom. The van der Waals surface area contributed by atoms with Crippen molar-refractivity contribution >= 4 is 29.0 Å². The lowest BCUT2D eigenvalue weighted by Crippen LogP contribution is -2.39. The molecule has 1 spiro atoms. The standard InChI is InChI=1S/C18H14N2OS/c19-9-12-7-16(21-10-12)13-5-6-17(22)18(8-13)11-20-15-4-2-1-3-14(15)18/h1-4,7,10-11,13H,5-6,8H2. The largest absolute Gasteiger partial charge is 0.468 e. The summed E-state index contributed by atoms with van der Waals surface area (Å²) in [4.78, 5) is 5.64. The van der Waals surface area contributed by atoms with E-state index in [0.29, 0.717) is 5.56 Å². The Balaban J connectivity index is 1.73. The molecule has 0 saturated heterocycles. The van der Waals surface area contributed by atoms with Crippen LogP contribution in [0.3, 0.4) is 0 Å². The Morgan fingerprint density at radius 3 is 3.05 bits per heavy atom. The summed E-state index contributed by atoms with van der Waals surface area (Å²) in [5.74, 6) is 1.16. The van der Waals surface area contributed by atoms with Crippen LogP contribution in [0.2, 0.25) is 0 Å². The molecule has 22 heavy (non-hydrogen) atoms. The summed E-state index contributed by atoms with van der Waals surface area (Å²) in [6.07, 6.45) is 6.26. The number of furan rings is 1. The Hall–Kier alpha value is -2.25. The van der Waals surface area contributed by atoms with Crippen molar-refractivity contribution < 1.29 is 4.42 Å². The fourth-order valence-corrected chi connectivity index (χ4v) is 3.96. The summed E-state index contributed by atoms with van der Waals surface area (Å²) in [5.41, 5.74) is 2.55. The molecule has 3 nitrogen and oxygen atoms in total. The number of benzene rings is 1. The maximum Gasteiger partial charge on any atom is 0.108 e. The Bertz CT molecular complexity index is 830. The number of fused-ring (bicyclic) bond motifs is 2. The number of hydrogen-bond acceptors (Lipinski definition) is 4. The quantitative estimate of drug-likeness (QED) is 0.732. The smallest absolute Gasteiger partial charge is 0.108 e. The molecule has 4 heteroatoms. The van der Waals surface area contributed by atoms with Crippen LogP contribution in [0.25, 0.3) is 0 Å². The molecule has 2 heterocycles. The highest BCUT2D eigenvalue weighted by Crippen LogP contribution is 2.49. The summed E-state index contributed by atoms with van der Waals surface area (Å²) in [7, 11) is 0. The SMILES string of the molecule is N#Cc1coc(C2CCC(=S)C3(C=Nc4ccccc43)C2)c1. The van der Waals surface area contributed by atoms with Gasteiger partial charge in [0.05, 0.1) is 16.7 Å². The fraction of sp³-hybridized carbons (Fsp3) is 0.278. The highest BCUT2D eigenvalue weighted by atomic mass is 32.1. The summed E-state index contributed by atoms with van der Waals surface area (Å²) >= 11 is 5.71. The summed E-state index contributed by atoms with van der Waals surface area (Å²) in [5, 5.41) is 8.97. The van der Waals surface area contributed by atoms with E-state index in [2.05, 4.69) is 17.1 Å².